The van der Waals surface area contributed by atoms with Crippen molar-refractivity contribution in [3.05, 3.63) is 49.1 Å². The Balaban J connectivity index is 1.33. The molecule has 186 valence electrons. The minimum atomic E-state index is -0.752. The third kappa shape index (κ3) is 3.65. The Morgan fingerprint density at radius 1 is 1.36 bits per heavy atom. The molecule has 5 atom stereocenters. The van der Waals surface area contributed by atoms with E-state index in [0.717, 1.165) is 41.7 Å². The number of aromatic amines is 1. The van der Waals surface area contributed by atoms with Gasteiger partial charge in [-0.3, -0.25) is 9.59 Å². The number of nitrogens with zero attached hydrogens (tertiary/aromatic N) is 5. The van der Waals surface area contributed by atoms with Crippen LogP contribution >= 0.6 is 22.7 Å². The summed E-state index contributed by atoms with van der Waals surface area (Å²) in [6, 6.07) is 6.08. The van der Waals surface area contributed by atoms with Gasteiger partial charge in [-0.2, -0.15) is 10.5 Å². The zero-order valence-corrected chi connectivity index (χ0v) is 21.4. The number of carbonyl (C=O) groups excluding carboxylic acids is 2. The number of rotatable bonds is 7. The number of nitrogens with two attached hydrogens (primary N) is 1. The van der Waals surface area contributed by atoms with Crippen LogP contribution in [0.5, 0.6) is 0 Å². The fourth-order valence-electron chi connectivity index (χ4n) is 6.09. The molecule has 0 radical (unpaired) electrons. The Kier molecular flexibility index (Phi) is 5.66. The van der Waals surface area contributed by atoms with Gasteiger partial charge in [-0.05, 0) is 73.6 Å². The van der Waals surface area contributed by atoms with Crippen LogP contribution < -0.4 is 11.1 Å². The van der Waals surface area contributed by atoms with Crippen molar-refractivity contribution in [1.29, 1.82) is 5.26 Å². The number of thiophene rings is 2. The summed E-state index contributed by atoms with van der Waals surface area (Å²) in [6.07, 6.45) is 4.00. The lowest BCUT2D eigenvalue weighted by molar-refractivity contribution is -0.131. The SMILES string of the molecule is C[C@H](CC1(c2nn[nH]n2)c2ccsc2CCc2sc(C(N)=O)cc21)NCC(=O)N1C(C#N)C[C@@H]2C[C@@H]21. The number of amides is 2. The highest BCUT2D eigenvalue weighted by Crippen LogP contribution is 2.50. The van der Waals surface area contributed by atoms with Gasteiger partial charge in [0.1, 0.15) is 6.04 Å². The Morgan fingerprint density at radius 2 is 2.19 bits per heavy atom. The second-order valence-corrected chi connectivity index (χ2v) is 12.1. The van der Waals surface area contributed by atoms with Crippen LogP contribution in [0.15, 0.2) is 17.5 Å². The Labute approximate surface area is 215 Å². The van der Waals surface area contributed by atoms with Crippen LogP contribution in [0.1, 0.15) is 62.6 Å². The Bertz CT molecular complexity index is 1360. The summed E-state index contributed by atoms with van der Waals surface area (Å²) in [5, 5.41) is 30.3. The van der Waals surface area contributed by atoms with Gasteiger partial charge in [0, 0.05) is 21.8 Å². The standard InChI is InChI=1S/C24H26N8O2S2/c1-12(27-11-21(33)32-14(10-25)6-13-7-17(13)32)9-24(23-28-30-31-29-23)15-4-5-35-18(15)2-3-19-16(24)8-20(36-19)22(26)34/h4-5,8,12-14,17,27H,2-3,6-7,9,11H2,1H3,(H2,26,34)(H,28,29,30,31)/t12-,13-,14?,17+,24?/m1/s1. The summed E-state index contributed by atoms with van der Waals surface area (Å²) in [6.45, 7) is 2.20. The fraction of sp³-hybridized carbons (Fsp3) is 0.500. The van der Waals surface area contributed by atoms with E-state index in [1.54, 1.807) is 16.2 Å². The van der Waals surface area contributed by atoms with Crippen molar-refractivity contribution in [1.82, 2.24) is 30.8 Å². The molecule has 4 heterocycles. The van der Waals surface area contributed by atoms with Crippen LogP contribution in [-0.2, 0) is 23.1 Å². The van der Waals surface area contributed by atoms with E-state index < -0.39 is 11.3 Å². The van der Waals surface area contributed by atoms with Gasteiger partial charge in [0.2, 0.25) is 5.91 Å². The Hall–Kier alpha value is -3.14. The lowest BCUT2D eigenvalue weighted by atomic mass is 9.70. The number of likely N-dealkylation sites (tertiary alicyclic amines) is 1. The number of tetrazole rings is 1. The number of hydrogen-bond donors (Lipinski definition) is 3. The van der Waals surface area contributed by atoms with Crippen LogP contribution in [0.25, 0.3) is 0 Å². The molecule has 10 nitrogen and oxygen atoms in total. The van der Waals surface area contributed by atoms with Crippen molar-refractivity contribution in [3.63, 3.8) is 0 Å². The van der Waals surface area contributed by atoms with E-state index in [2.05, 4.69) is 43.5 Å². The van der Waals surface area contributed by atoms with Gasteiger partial charge in [0.25, 0.3) is 5.91 Å². The third-order valence-electron chi connectivity index (χ3n) is 7.78. The highest BCUT2D eigenvalue weighted by molar-refractivity contribution is 7.14. The summed E-state index contributed by atoms with van der Waals surface area (Å²) in [5.41, 5.74) is 7.00. The van der Waals surface area contributed by atoms with E-state index in [9.17, 15) is 14.9 Å². The van der Waals surface area contributed by atoms with Crippen LogP contribution in [0.4, 0.5) is 0 Å². The van der Waals surface area contributed by atoms with Crippen LogP contribution in [0.3, 0.4) is 0 Å². The van der Waals surface area contributed by atoms with Crippen molar-refractivity contribution in [2.45, 2.75) is 62.6 Å². The summed E-state index contributed by atoms with van der Waals surface area (Å²) in [4.78, 5) is 29.8. The molecule has 0 bridgehead atoms. The van der Waals surface area contributed by atoms with Crippen molar-refractivity contribution in [3.8, 4) is 6.07 Å². The number of piperidine rings is 1. The smallest absolute Gasteiger partial charge is 0.258 e. The molecule has 1 saturated heterocycles. The number of nitriles is 1. The van der Waals surface area contributed by atoms with Crippen LogP contribution in [0, 0.1) is 17.2 Å². The largest absolute Gasteiger partial charge is 0.365 e. The molecule has 4 N–H and O–H groups in total. The minimum absolute atomic E-state index is 0.0312. The lowest BCUT2D eigenvalue weighted by Crippen LogP contribution is -2.46. The number of carbonyl (C=O) groups is 2. The number of hydrogen-bond acceptors (Lipinski definition) is 9. The average molecular weight is 523 g/mol. The molecule has 2 amide bonds. The first-order valence-electron chi connectivity index (χ1n) is 12.1. The van der Waals surface area contributed by atoms with Gasteiger partial charge < -0.3 is 16.0 Å². The maximum absolute atomic E-state index is 13.1. The van der Waals surface area contributed by atoms with E-state index >= 15 is 0 Å². The van der Waals surface area contributed by atoms with E-state index in [0.29, 0.717) is 23.0 Å². The molecule has 6 rings (SSSR count). The molecular formula is C24H26N8O2S2. The van der Waals surface area contributed by atoms with Crippen LogP contribution in [-0.4, -0.2) is 62.0 Å². The maximum Gasteiger partial charge on any atom is 0.258 e. The highest BCUT2D eigenvalue weighted by Gasteiger charge is 2.54. The van der Waals surface area contributed by atoms with Gasteiger partial charge in [-0.25, -0.2) is 0 Å². The van der Waals surface area contributed by atoms with Crippen molar-refractivity contribution >= 4 is 34.5 Å². The van der Waals surface area contributed by atoms with E-state index in [1.165, 1.54) is 16.2 Å². The molecule has 2 unspecified atom stereocenters. The monoisotopic (exact) mass is 522 g/mol. The quantitative estimate of drug-likeness (QED) is 0.427. The molecule has 0 aromatic carbocycles. The zero-order chi connectivity index (χ0) is 25.0. The van der Waals surface area contributed by atoms with Gasteiger partial charge in [0.05, 0.1) is 22.9 Å². The summed E-state index contributed by atoms with van der Waals surface area (Å²) in [5.74, 6) is 0.533. The zero-order valence-electron chi connectivity index (χ0n) is 19.7. The molecule has 3 aromatic heterocycles. The molecule has 3 aromatic rings. The first kappa shape index (κ1) is 23.3. The highest BCUT2D eigenvalue weighted by atomic mass is 32.1. The van der Waals surface area contributed by atoms with Gasteiger partial charge in [-0.15, -0.1) is 32.9 Å². The molecule has 2 fully saturated rings. The average Bonchev–Trinajstić information content (AvgIpc) is 3.39. The second-order valence-electron chi connectivity index (χ2n) is 9.94. The predicted molar refractivity (Wildman–Crippen MR) is 133 cm³/mol. The van der Waals surface area contributed by atoms with Crippen LogP contribution in [0.2, 0.25) is 0 Å². The van der Waals surface area contributed by atoms with Gasteiger partial charge in [-0.1, -0.05) is 5.21 Å². The summed E-state index contributed by atoms with van der Waals surface area (Å²) >= 11 is 3.14. The number of aryl methyl sites for hydroxylation is 2. The Morgan fingerprint density at radius 3 is 2.94 bits per heavy atom. The molecule has 12 heteroatoms. The van der Waals surface area contributed by atoms with E-state index in [4.69, 9.17) is 5.73 Å². The van der Waals surface area contributed by atoms with Crippen molar-refractivity contribution in [2.24, 2.45) is 11.7 Å². The fourth-order valence-corrected chi connectivity index (χ4v) is 8.14. The second kappa shape index (κ2) is 8.76. The van der Waals surface area contributed by atoms with Crippen molar-refractivity contribution in [2.75, 3.05) is 6.54 Å². The number of H-pyrrole nitrogens is 1. The molecule has 1 saturated carbocycles. The summed E-state index contributed by atoms with van der Waals surface area (Å²) < 4.78 is 0. The topological polar surface area (TPSA) is 154 Å². The number of primary amides is 1. The molecular weight excluding hydrogens is 496 g/mol. The van der Waals surface area contributed by atoms with Gasteiger partial charge >= 0.3 is 0 Å². The molecule has 0 spiro atoms. The number of fused-ring (bicyclic) bond motifs is 3. The number of nitrogens with one attached hydrogen (secondary N) is 2. The van der Waals surface area contributed by atoms with E-state index in [1.807, 2.05) is 13.0 Å². The first-order valence-corrected chi connectivity index (χ1v) is 13.8. The predicted octanol–water partition coefficient (Wildman–Crippen LogP) is 1.74. The van der Waals surface area contributed by atoms with Gasteiger partial charge in [0.15, 0.2) is 5.82 Å². The summed E-state index contributed by atoms with van der Waals surface area (Å²) in [7, 11) is 0. The third-order valence-corrected chi connectivity index (χ3v) is 9.97. The normalized spacial score (nSPS) is 26.9. The molecule has 2 aliphatic carbocycles. The first-order chi connectivity index (χ1) is 17.4. The maximum atomic E-state index is 13.1. The van der Waals surface area contributed by atoms with Crippen molar-refractivity contribution < 1.29 is 9.59 Å². The molecule has 36 heavy (non-hydrogen) atoms. The number of aromatic nitrogens is 4. The lowest BCUT2D eigenvalue weighted by Gasteiger charge is -2.34. The molecule has 3 aliphatic rings. The molecule has 1 aliphatic heterocycles. The van der Waals surface area contributed by atoms with E-state index in [-0.39, 0.29) is 30.6 Å². The minimum Gasteiger partial charge on any atom is -0.365 e.